The van der Waals surface area contributed by atoms with E-state index in [4.69, 9.17) is 0 Å². The van der Waals surface area contributed by atoms with Crippen molar-refractivity contribution in [2.24, 2.45) is 0 Å². The number of hydrogen-bond donors (Lipinski definition) is 1. The van der Waals surface area contributed by atoms with E-state index in [1.165, 1.54) is 16.3 Å². The van der Waals surface area contributed by atoms with Gasteiger partial charge in [-0.3, -0.25) is 18.6 Å². The molecular formula is C28H25N5O2S. The number of nitrogens with zero attached hydrogens (tertiary/aromatic N) is 4. The second kappa shape index (κ2) is 10.6. The van der Waals surface area contributed by atoms with Crippen LogP contribution in [0.4, 0.5) is 0 Å². The molecule has 1 atom stereocenters. The zero-order chi connectivity index (χ0) is 24.9. The second-order valence-corrected chi connectivity index (χ2v) is 9.29. The molecular weight excluding hydrogens is 470 g/mol. The van der Waals surface area contributed by atoms with Crippen LogP contribution in [0.15, 0.2) is 108 Å². The predicted octanol–water partition coefficient (Wildman–Crippen LogP) is 4.42. The van der Waals surface area contributed by atoms with Gasteiger partial charge in [0.1, 0.15) is 0 Å². The summed E-state index contributed by atoms with van der Waals surface area (Å²) >= 11 is 1.29. The normalized spacial score (nSPS) is 12.0. The molecule has 2 heterocycles. The maximum atomic E-state index is 13.1. The van der Waals surface area contributed by atoms with Crippen LogP contribution in [-0.2, 0) is 17.8 Å². The van der Waals surface area contributed by atoms with E-state index in [2.05, 4.69) is 34.2 Å². The van der Waals surface area contributed by atoms with Gasteiger partial charge in [0, 0.05) is 6.54 Å². The summed E-state index contributed by atoms with van der Waals surface area (Å²) in [5.74, 6) is 0.478. The molecule has 1 N–H and O–H groups in total. The first-order valence-corrected chi connectivity index (χ1v) is 12.6. The van der Waals surface area contributed by atoms with Gasteiger partial charge in [-0.1, -0.05) is 90.6 Å². The van der Waals surface area contributed by atoms with Crippen LogP contribution < -0.4 is 10.9 Å². The predicted molar refractivity (Wildman–Crippen MR) is 143 cm³/mol. The van der Waals surface area contributed by atoms with E-state index in [1.54, 1.807) is 12.1 Å². The van der Waals surface area contributed by atoms with Crippen molar-refractivity contribution in [1.82, 2.24) is 24.5 Å². The topological polar surface area (TPSA) is 81.3 Å². The van der Waals surface area contributed by atoms with Crippen molar-refractivity contribution in [3.8, 4) is 0 Å². The quantitative estimate of drug-likeness (QED) is 0.242. The Labute approximate surface area is 212 Å². The Hall–Kier alpha value is -4.17. The van der Waals surface area contributed by atoms with E-state index in [-0.39, 0.29) is 23.3 Å². The number of para-hydroxylation sites is 1. The lowest BCUT2D eigenvalue weighted by Gasteiger charge is -2.19. The Morgan fingerprint density at radius 3 is 2.42 bits per heavy atom. The number of thioether (sulfide) groups is 1. The third-order valence-electron chi connectivity index (χ3n) is 5.94. The second-order valence-electron chi connectivity index (χ2n) is 8.35. The average Bonchev–Trinajstić information content (AvgIpc) is 3.34. The number of aromatic nitrogens is 4. The van der Waals surface area contributed by atoms with Gasteiger partial charge in [0.2, 0.25) is 11.7 Å². The molecule has 5 rings (SSSR count). The van der Waals surface area contributed by atoms with E-state index in [0.717, 1.165) is 11.1 Å². The minimum atomic E-state index is -0.157. The number of fused-ring (bicyclic) bond motifs is 3. The van der Waals surface area contributed by atoms with Gasteiger partial charge in [-0.2, -0.15) is 0 Å². The fourth-order valence-corrected chi connectivity index (χ4v) is 5.03. The molecule has 0 bridgehead atoms. The summed E-state index contributed by atoms with van der Waals surface area (Å²) in [4.78, 5) is 26.1. The Bertz CT molecular complexity index is 1580. The molecule has 0 saturated heterocycles. The number of amides is 1. The molecule has 0 fully saturated rings. The fourth-order valence-electron chi connectivity index (χ4n) is 4.27. The lowest BCUT2D eigenvalue weighted by Crippen LogP contribution is -2.31. The maximum Gasteiger partial charge on any atom is 0.263 e. The summed E-state index contributed by atoms with van der Waals surface area (Å²) in [7, 11) is 0. The molecule has 5 aromatic rings. The molecule has 7 nitrogen and oxygen atoms in total. The smallest absolute Gasteiger partial charge is 0.263 e. The Balaban J connectivity index is 1.40. The van der Waals surface area contributed by atoms with E-state index in [1.807, 2.05) is 71.1 Å². The molecule has 0 aliphatic heterocycles. The summed E-state index contributed by atoms with van der Waals surface area (Å²) in [5, 5.41) is 12.9. The number of rotatable bonds is 9. The third-order valence-corrected chi connectivity index (χ3v) is 6.87. The molecule has 0 aliphatic carbocycles. The Kier molecular flexibility index (Phi) is 6.95. The summed E-state index contributed by atoms with van der Waals surface area (Å²) in [6.45, 7) is 4.07. The van der Waals surface area contributed by atoms with Gasteiger partial charge in [0.15, 0.2) is 5.16 Å². The molecule has 3 aromatic carbocycles. The molecule has 0 spiro atoms. The summed E-state index contributed by atoms with van der Waals surface area (Å²) in [6, 6.07) is 27.3. The third kappa shape index (κ3) is 4.81. The van der Waals surface area contributed by atoms with Gasteiger partial charge < -0.3 is 5.32 Å². The van der Waals surface area contributed by atoms with E-state index in [9.17, 15) is 9.59 Å². The number of benzene rings is 3. The van der Waals surface area contributed by atoms with Crippen molar-refractivity contribution >= 4 is 34.3 Å². The molecule has 36 heavy (non-hydrogen) atoms. The summed E-state index contributed by atoms with van der Waals surface area (Å²) < 4.78 is 3.37. The lowest BCUT2D eigenvalue weighted by molar-refractivity contribution is -0.119. The SMILES string of the molecule is C=CCn1c(=O)c2ccccc2n2c(SCC(=O)NC(Cc3ccccc3)c3ccccc3)nnc12. The number of hydrogen-bond acceptors (Lipinski definition) is 5. The molecule has 1 amide bonds. The molecule has 2 aromatic heterocycles. The van der Waals surface area contributed by atoms with Crippen LogP contribution in [-0.4, -0.2) is 30.8 Å². The number of allylic oxidation sites excluding steroid dienone is 1. The van der Waals surface area contributed by atoms with Gasteiger partial charge in [0.05, 0.1) is 22.7 Å². The van der Waals surface area contributed by atoms with Gasteiger partial charge >= 0.3 is 0 Å². The molecule has 0 radical (unpaired) electrons. The van der Waals surface area contributed by atoms with Crippen LogP contribution in [0.1, 0.15) is 17.2 Å². The maximum absolute atomic E-state index is 13.1. The molecule has 180 valence electrons. The van der Waals surface area contributed by atoms with Crippen LogP contribution in [0.3, 0.4) is 0 Å². The van der Waals surface area contributed by atoms with Crippen molar-refractivity contribution in [1.29, 1.82) is 0 Å². The Morgan fingerprint density at radius 1 is 0.972 bits per heavy atom. The number of carbonyl (C=O) groups is 1. The van der Waals surface area contributed by atoms with Crippen LogP contribution in [0.5, 0.6) is 0 Å². The monoisotopic (exact) mass is 495 g/mol. The molecule has 0 aliphatic rings. The van der Waals surface area contributed by atoms with Crippen molar-refractivity contribution in [2.45, 2.75) is 24.2 Å². The molecule has 8 heteroatoms. The lowest BCUT2D eigenvalue weighted by atomic mass is 9.99. The van der Waals surface area contributed by atoms with E-state index >= 15 is 0 Å². The van der Waals surface area contributed by atoms with E-state index < -0.39 is 0 Å². The first-order valence-electron chi connectivity index (χ1n) is 11.6. The standard InChI is InChI=1S/C28H25N5O2S/c1-2-17-32-26(35)22-15-9-10-16-24(22)33-27(32)30-31-28(33)36-19-25(34)29-23(21-13-7-4-8-14-21)18-20-11-5-3-6-12-20/h2-16,23H,1,17-19H2,(H,29,34). The van der Waals surface area contributed by atoms with Crippen molar-refractivity contribution in [3.05, 3.63) is 119 Å². The van der Waals surface area contributed by atoms with Crippen molar-refractivity contribution < 1.29 is 4.79 Å². The number of nitrogens with one attached hydrogen (secondary N) is 1. The highest BCUT2D eigenvalue weighted by atomic mass is 32.2. The summed E-state index contributed by atoms with van der Waals surface area (Å²) in [6.07, 6.45) is 2.34. The Morgan fingerprint density at radius 2 is 1.67 bits per heavy atom. The zero-order valence-electron chi connectivity index (χ0n) is 19.6. The highest BCUT2D eigenvalue weighted by Crippen LogP contribution is 2.23. The van der Waals surface area contributed by atoms with Gasteiger partial charge in [0.25, 0.3) is 5.56 Å². The van der Waals surface area contributed by atoms with Gasteiger partial charge in [-0.25, -0.2) is 0 Å². The first-order chi connectivity index (χ1) is 17.7. The highest BCUT2D eigenvalue weighted by Gasteiger charge is 2.19. The van der Waals surface area contributed by atoms with Crippen molar-refractivity contribution in [2.75, 3.05) is 5.75 Å². The van der Waals surface area contributed by atoms with Gasteiger partial charge in [-0.05, 0) is 29.7 Å². The molecule has 1 unspecified atom stereocenters. The first kappa shape index (κ1) is 23.6. The van der Waals surface area contributed by atoms with Gasteiger partial charge in [-0.15, -0.1) is 16.8 Å². The van der Waals surface area contributed by atoms with E-state index in [0.29, 0.717) is 34.8 Å². The van der Waals surface area contributed by atoms with Crippen LogP contribution >= 0.6 is 11.8 Å². The minimum Gasteiger partial charge on any atom is -0.348 e. The minimum absolute atomic E-state index is 0.106. The van der Waals surface area contributed by atoms with Crippen LogP contribution in [0, 0.1) is 0 Å². The highest BCUT2D eigenvalue weighted by molar-refractivity contribution is 7.99. The van der Waals surface area contributed by atoms with Crippen LogP contribution in [0.2, 0.25) is 0 Å². The fraction of sp³-hybridized carbons (Fsp3) is 0.143. The zero-order valence-corrected chi connectivity index (χ0v) is 20.4. The number of carbonyl (C=O) groups excluding carboxylic acids is 1. The molecule has 0 saturated carbocycles. The largest absolute Gasteiger partial charge is 0.348 e. The van der Waals surface area contributed by atoms with Crippen molar-refractivity contribution in [3.63, 3.8) is 0 Å². The van der Waals surface area contributed by atoms with Crippen LogP contribution in [0.25, 0.3) is 16.7 Å². The average molecular weight is 496 g/mol. The summed E-state index contributed by atoms with van der Waals surface area (Å²) in [5.41, 5.74) is 2.75.